The van der Waals surface area contributed by atoms with Crippen LogP contribution in [0.3, 0.4) is 0 Å². The Morgan fingerprint density at radius 1 is 1.19 bits per heavy atom. The minimum absolute atomic E-state index is 0.0690. The highest BCUT2D eigenvalue weighted by Crippen LogP contribution is 2.23. The summed E-state index contributed by atoms with van der Waals surface area (Å²) in [6, 6.07) is 5.07. The van der Waals surface area contributed by atoms with Gasteiger partial charge in [0.2, 0.25) is 0 Å². The summed E-state index contributed by atoms with van der Waals surface area (Å²) in [7, 11) is -2.91. The molecule has 144 valence electrons. The van der Waals surface area contributed by atoms with Crippen LogP contribution in [0, 0.1) is 0 Å². The predicted molar refractivity (Wildman–Crippen MR) is 98.7 cm³/mol. The van der Waals surface area contributed by atoms with E-state index in [1.807, 2.05) is 0 Å². The van der Waals surface area contributed by atoms with Crippen molar-refractivity contribution in [2.75, 3.05) is 37.7 Å². The molecular weight excluding hydrogens is 392 g/mol. The number of halogens is 1. The van der Waals surface area contributed by atoms with Gasteiger partial charge >= 0.3 is 0 Å². The third kappa shape index (κ3) is 3.83. The lowest BCUT2D eigenvalue weighted by molar-refractivity contribution is 0.0587. The Morgan fingerprint density at radius 3 is 2.59 bits per heavy atom. The number of aromatic nitrogens is 4. The molecule has 2 saturated heterocycles. The summed E-state index contributed by atoms with van der Waals surface area (Å²) in [4.78, 5) is 17.0. The zero-order chi connectivity index (χ0) is 19.0. The molecule has 0 bridgehead atoms. The Morgan fingerprint density at radius 2 is 1.96 bits per heavy atom. The van der Waals surface area contributed by atoms with Crippen molar-refractivity contribution in [3.05, 3.63) is 35.1 Å². The number of hydrogen-bond donors (Lipinski definition) is 0. The average Bonchev–Trinajstić information content (AvgIpc) is 3.31. The Kier molecular flexibility index (Phi) is 4.87. The van der Waals surface area contributed by atoms with Gasteiger partial charge in [0.05, 0.1) is 22.8 Å². The topological polar surface area (TPSA) is 101 Å². The van der Waals surface area contributed by atoms with E-state index in [1.54, 1.807) is 23.1 Å². The van der Waals surface area contributed by atoms with Crippen molar-refractivity contribution < 1.29 is 13.2 Å². The van der Waals surface area contributed by atoms with Crippen LogP contribution in [-0.4, -0.2) is 88.1 Å². The highest BCUT2D eigenvalue weighted by molar-refractivity contribution is 7.91. The molecule has 0 aliphatic carbocycles. The van der Waals surface area contributed by atoms with E-state index in [2.05, 4.69) is 20.4 Å². The molecule has 1 aromatic heterocycles. The molecule has 2 fully saturated rings. The fraction of sp³-hybridized carbons (Fsp3) is 0.500. The van der Waals surface area contributed by atoms with Gasteiger partial charge < -0.3 is 4.90 Å². The molecule has 0 radical (unpaired) electrons. The van der Waals surface area contributed by atoms with E-state index >= 15 is 0 Å². The molecule has 0 saturated carbocycles. The van der Waals surface area contributed by atoms with Crippen LogP contribution in [0.2, 0.25) is 5.02 Å². The van der Waals surface area contributed by atoms with Gasteiger partial charge in [-0.15, -0.1) is 5.10 Å². The molecule has 2 aromatic rings. The zero-order valence-corrected chi connectivity index (χ0v) is 16.1. The smallest absolute Gasteiger partial charge is 0.256 e. The maximum Gasteiger partial charge on any atom is 0.256 e. The molecule has 1 atom stereocenters. The Balaban J connectivity index is 1.48. The Hall–Kier alpha value is -2.04. The first kappa shape index (κ1) is 18.3. The van der Waals surface area contributed by atoms with Crippen LogP contribution in [0.4, 0.5) is 0 Å². The van der Waals surface area contributed by atoms with Gasteiger partial charge in [-0.3, -0.25) is 9.69 Å². The molecular formula is C16H19ClN6O3S. The van der Waals surface area contributed by atoms with Crippen molar-refractivity contribution in [3.8, 4) is 5.69 Å². The van der Waals surface area contributed by atoms with E-state index in [1.165, 1.54) is 11.0 Å². The number of rotatable bonds is 3. The summed E-state index contributed by atoms with van der Waals surface area (Å²) in [5.74, 6) is 0.370. The molecule has 9 nitrogen and oxygen atoms in total. The van der Waals surface area contributed by atoms with Gasteiger partial charge in [-0.2, -0.15) is 4.68 Å². The van der Waals surface area contributed by atoms with Crippen LogP contribution in [0.25, 0.3) is 5.69 Å². The second kappa shape index (κ2) is 7.17. The first-order valence-corrected chi connectivity index (χ1v) is 10.9. The summed E-state index contributed by atoms with van der Waals surface area (Å²) in [6.07, 6.45) is 2.10. The largest absolute Gasteiger partial charge is 0.336 e. The molecule has 0 unspecified atom stereocenters. The first-order valence-electron chi connectivity index (χ1n) is 8.70. The van der Waals surface area contributed by atoms with Crippen LogP contribution < -0.4 is 0 Å². The standard InChI is InChI=1S/C16H19ClN6O3S/c17-12-1-2-14(15(9-12)23-11-18-19-20-23)16(24)22-6-4-21(5-7-22)13-3-8-27(25,26)10-13/h1-2,9,11,13H,3-8,10H2/t13-/m0/s1. The number of nitrogens with zero attached hydrogens (tertiary/aromatic N) is 6. The predicted octanol–water partition coefficient (Wildman–Crippen LogP) is 0.261. The number of amides is 1. The second-order valence-corrected chi connectivity index (χ2v) is 9.47. The zero-order valence-electron chi connectivity index (χ0n) is 14.5. The SMILES string of the molecule is O=C(c1ccc(Cl)cc1-n1cnnn1)N1CCN([C@H]2CCS(=O)(=O)C2)CC1. The molecule has 27 heavy (non-hydrogen) atoms. The first-order chi connectivity index (χ1) is 12.9. The number of hydrogen-bond acceptors (Lipinski definition) is 7. The summed E-state index contributed by atoms with van der Waals surface area (Å²) in [5.41, 5.74) is 1.01. The number of piperazine rings is 1. The molecule has 4 rings (SSSR count). The van der Waals surface area contributed by atoms with Crippen LogP contribution in [0.5, 0.6) is 0 Å². The quantitative estimate of drug-likeness (QED) is 0.715. The molecule has 0 spiro atoms. The van der Waals surface area contributed by atoms with E-state index in [0.717, 1.165) is 0 Å². The fourth-order valence-corrected chi connectivity index (χ4v) is 5.60. The van der Waals surface area contributed by atoms with Gasteiger partial charge in [-0.25, -0.2) is 8.42 Å². The maximum absolute atomic E-state index is 13.0. The van der Waals surface area contributed by atoms with Gasteiger partial charge in [0.1, 0.15) is 6.33 Å². The number of tetrazole rings is 1. The molecule has 0 N–H and O–H groups in total. The van der Waals surface area contributed by atoms with Crippen molar-refractivity contribution >= 4 is 27.3 Å². The van der Waals surface area contributed by atoms with Crippen molar-refractivity contribution in [3.63, 3.8) is 0 Å². The fourth-order valence-electron chi connectivity index (χ4n) is 3.67. The van der Waals surface area contributed by atoms with E-state index in [0.29, 0.717) is 48.9 Å². The third-order valence-electron chi connectivity index (χ3n) is 5.11. The van der Waals surface area contributed by atoms with Crippen LogP contribution >= 0.6 is 11.6 Å². The van der Waals surface area contributed by atoms with Gasteiger partial charge in [-0.05, 0) is 35.0 Å². The Labute approximate surface area is 161 Å². The summed E-state index contributed by atoms with van der Waals surface area (Å²) >= 11 is 6.08. The molecule has 3 heterocycles. The van der Waals surface area contributed by atoms with Gasteiger partial charge in [0, 0.05) is 37.2 Å². The highest BCUT2D eigenvalue weighted by Gasteiger charge is 2.34. The minimum Gasteiger partial charge on any atom is -0.336 e. The molecule has 11 heteroatoms. The molecule has 2 aliphatic heterocycles. The van der Waals surface area contributed by atoms with Gasteiger partial charge in [0.15, 0.2) is 9.84 Å². The average molecular weight is 411 g/mol. The van der Waals surface area contributed by atoms with Crippen LogP contribution in [0.1, 0.15) is 16.8 Å². The third-order valence-corrected chi connectivity index (χ3v) is 7.10. The number of carbonyl (C=O) groups excluding carboxylic acids is 1. The lowest BCUT2D eigenvalue weighted by Crippen LogP contribution is -2.52. The lowest BCUT2D eigenvalue weighted by atomic mass is 10.1. The van der Waals surface area contributed by atoms with Gasteiger partial charge in [0.25, 0.3) is 5.91 Å². The van der Waals surface area contributed by atoms with Crippen molar-refractivity contribution in [2.45, 2.75) is 12.5 Å². The van der Waals surface area contributed by atoms with E-state index < -0.39 is 9.84 Å². The molecule has 2 aliphatic rings. The van der Waals surface area contributed by atoms with Crippen molar-refractivity contribution in [2.24, 2.45) is 0 Å². The number of carbonyl (C=O) groups is 1. The van der Waals surface area contributed by atoms with Crippen molar-refractivity contribution in [1.82, 2.24) is 30.0 Å². The normalized spacial score (nSPS) is 22.9. The van der Waals surface area contributed by atoms with E-state index in [9.17, 15) is 13.2 Å². The molecule has 1 amide bonds. The van der Waals surface area contributed by atoms with E-state index in [-0.39, 0.29) is 23.5 Å². The Bertz CT molecular complexity index is 941. The summed E-state index contributed by atoms with van der Waals surface area (Å²) in [5, 5.41) is 11.6. The maximum atomic E-state index is 13.0. The lowest BCUT2D eigenvalue weighted by Gasteiger charge is -2.37. The summed E-state index contributed by atoms with van der Waals surface area (Å²) < 4.78 is 24.8. The minimum atomic E-state index is -2.91. The molecule has 1 aromatic carbocycles. The second-order valence-electron chi connectivity index (χ2n) is 6.80. The summed E-state index contributed by atoms with van der Waals surface area (Å²) in [6.45, 7) is 2.43. The van der Waals surface area contributed by atoms with Crippen LogP contribution in [0.15, 0.2) is 24.5 Å². The van der Waals surface area contributed by atoms with Gasteiger partial charge in [-0.1, -0.05) is 11.6 Å². The monoisotopic (exact) mass is 410 g/mol. The number of benzene rings is 1. The van der Waals surface area contributed by atoms with Crippen LogP contribution in [-0.2, 0) is 9.84 Å². The van der Waals surface area contributed by atoms with Crippen molar-refractivity contribution in [1.29, 1.82) is 0 Å². The number of sulfone groups is 1. The highest BCUT2D eigenvalue weighted by atomic mass is 35.5. The van der Waals surface area contributed by atoms with E-state index in [4.69, 9.17) is 11.6 Å².